The second-order valence-corrected chi connectivity index (χ2v) is 1.02. The molecule has 0 bridgehead atoms. The zero-order valence-electron chi connectivity index (χ0n) is 4.80. The Labute approximate surface area is 105 Å². The fourth-order valence-electron chi connectivity index (χ4n) is 0.313. The van der Waals surface area contributed by atoms with Crippen LogP contribution in [0.25, 0.3) is 0 Å². The Kier molecular flexibility index (Phi) is 22.5. The van der Waals surface area contributed by atoms with Gasteiger partial charge in [0.1, 0.15) is 0 Å². The second-order valence-electron chi connectivity index (χ2n) is 1.02. The predicted octanol–water partition coefficient (Wildman–Crippen LogP) is -5.29. The van der Waals surface area contributed by atoms with Crippen LogP contribution in [0.15, 0.2) is 30.6 Å². The summed E-state index contributed by atoms with van der Waals surface area (Å²) in [6.45, 7) is 0. The van der Waals surface area contributed by atoms with E-state index in [1.807, 2.05) is 18.2 Å². The van der Waals surface area contributed by atoms with Gasteiger partial charge in [0, 0.05) is 12.4 Å². The van der Waals surface area contributed by atoms with E-state index in [2.05, 4.69) is 4.98 Å². The third-order valence-corrected chi connectivity index (χ3v) is 0.566. The molecule has 0 aliphatic heterocycles. The van der Waals surface area contributed by atoms with Crippen molar-refractivity contribution < 1.29 is 48.0 Å². The fourth-order valence-corrected chi connectivity index (χ4v) is 0.313. The van der Waals surface area contributed by atoms with Gasteiger partial charge in [-0.25, -0.2) is 0 Å². The first-order chi connectivity index (χ1) is 3.00. The maximum absolute atomic E-state index is 3.78. The van der Waals surface area contributed by atoms with Crippen LogP contribution in [-0.2, 0) is 0 Å². The Bertz CT molecular complexity index is 86.9. The molecule has 9 heavy (non-hydrogen) atoms. The van der Waals surface area contributed by atoms with Gasteiger partial charge in [0.25, 0.3) is 0 Å². The molecule has 0 saturated carbocycles. The van der Waals surface area contributed by atoms with E-state index in [-0.39, 0.29) is 71.0 Å². The van der Waals surface area contributed by atoms with E-state index < -0.39 is 0 Å². The summed E-state index contributed by atoms with van der Waals surface area (Å²) in [6.07, 6.45) is 3.50. The third-order valence-electron chi connectivity index (χ3n) is 0.566. The molecule has 0 spiro atoms. The molecule has 0 aliphatic carbocycles. The second kappa shape index (κ2) is 12.1. The summed E-state index contributed by atoms with van der Waals surface area (Å²) in [6, 6.07) is 5.72. The van der Waals surface area contributed by atoms with E-state index in [0.717, 1.165) is 0 Å². The summed E-state index contributed by atoms with van der Waals surface area (Å²) in [5, 5.41) is 0. The standard InChI is InChI=1S/C5H5N.2HI.Mg/c1-2-4-6-5-3-1;;;/h1-5H;2*1H;/q;;;+2/p-2. The number of pyridine rings is 1. The summed E-state index contributed by atoms with van der Waals surface area (Å²) in [5.41, 5.74) is 0. The smallest absolute Gasteiger partial charge is 1.00 e. The molecule has 1 aromatic heterocycles. The van der Waals surface area contributed by atoms with Gasteiger partial charge in [0.15, 0.2) is 0 Å². The van der Waals surface area contributed by atoms with E-state index in [9.17, 15) is 0 Å². The van der Waals surface area contributed by atoms with Crippen molar-refractivity contribution in [2.75, 3.05) is 0 Å². The minimum atomic E-state index is 0. The summed E-state index contributed by atoms with van der Waals surface area (Å²) in [4.78, 5) is 3.78. The molecule has 1 nitrogen and oxygen atoms in total. The van der Waals surface area contributed by atoms with Crippen LogP contribution in [0.1, 0.15) is 0 Å². The van der Waals surface area contributed by atoms with Gasteiger partial charge in [-0.15, -0.1) is 0 Å². The first-order valence-electron chi connectivity index (χ1n) is 1.85. The summed E-state index contributed by atoms with van der Waals surface area (Å²) in [5.74, 6) is 0. The molecule has 0 aliphatic rings. The largest absolute Gasteiger partial charge is 2.00 e. The minimum absolute atomic E-state index is 0. The molecule has 1 rings (SSSR count). The molecule has 4 heteroatoms. The fraction of sp³-hybridized carbons (Fsp3) is 0. The number of halogens is 2. The quantitative estimate of drug-likeness (QED) is 0.334. The zero-order chi connectivity index (χ0) is 4.24. The molecule has 0 amide bonds. The molecule has 0 radical (unpaired) electrons. The average Bonchev–Trinajstić information content (AvgIpc) is 1.72. The molecule has 46 valence electrons. The Balaban J connectivity index is -0.000000120. The van der Waals surface area contributed by atoms with Crippen LogP contribution in [0.3, 0.4) is 0 Å². The molecule has 1 aromatic rings. The number of nitrogens with zero attached hydrogens (tertiary/aromatic N) is 1. The molecule has 0 unspecified atom stereocenters. The maximum Gasteiger partial charge on any atom is 2.00 e. The van der Waals surface area contributed by atoms with Crippen molar-refractivity contribution >= 4 is 23.1 Å². The van der Waals surface area contributed by atoms with Crippen molar-refractivity contribution in [2.24, 2.45) is 0 Å². The number of hydrogen-bond acceptors (Lipinski definition) is 1. The monoisotopic (exact) mass is 357 g/mol. The average molecular weight is 357 g/mol. The van der Waals surface area contributed by atoms with Crippen molar-refractivity contribution in [1.29, 1.82) is 0 Å². The molecule has 0 N–H and O–H groups in total. The van der Waals surface area contributed by atoms with Crippen LogP contribution in [-0.4, -0.2) is 28.0 Å². The maximum atomic E-state index is 3.78. The van der Waals surface area contributed by atoms with Crippen LogP contribution in [0, 0.1) is 0 Å². The van der Waals surface area contributed by atoms with Gasteiger partial charge in [-0.1, -0.05) is 6.07 Å². The number of hydrogen-bond donors (Lipinski definition) is 0. The predicted molar refractivity (Wildman–Crippen MR) is 30.0 cm³/mol. The van der Waals surface area contributed by atoms with Crippen LogP contribution >= 0.6 is 0 Å². The third kappa shape index (κ3) is 9.38. The van der Waals surface area contributed by atoms with Crippen molar-refractivity contribution in [3.8, 4) is 0 Å². The van der Waals surface area contributed by atoms with Crippen molar-refractivity contribution in [3.05, 3.63) is 30.6 Å². The Morgan fingerprint density at radius 2 is 1.22 bits per heavy atom. The molecule has 0 fully saturated rings. The van der Waals surface area contributed by atoms with Crippen molar-refractivity contribution in [1.82, 2.24) is 4.98 Å². The topological polar surface area (TPSA) is 12.9 Å². The SMILES string of the molecule is [I-].[I-].[Mg+2].c1ccncc1. The normalized spacial score (nSPS) is 5.33. The molecule has 0 aromatic carbocycles. The van der Waals surface area contributed by atoms with E-state index in [1.165, 1.54) is 0 Å². The van der Waals surface area contributed by atoms with E-state index >= 15 is 0 Å². The Hall–Kier alpha value is 1.38. The zero-order valence-corrected chi connectivity index (χ0v) is 10.5. The van der Waals surface area contributed by atoms with Gasteiger partial charge >= 0.3 is 23.1 Å². The molecule has 0 saturated heterocycles. The number of rotatable bonds is 0. The first kappa shape index (κ1) is 16.8. The molecular weight excluding hydrogens is 352 g/mol. The van der Waals surface area contributed by atoms with Crippen LogP contribution in [0.4, 0.5) is 0 Å². The molecule has 0 atom stereocenters. The molecule has 1 heterocycles. The van der Waals surface area contributed by atoms with Gasteiger partial charge in [-0.2, -0.15) is 0 Å². The molecular formula is C5H5I2MgN. The minimum Gasteiger partial charge on any atom is -1.00 e. The van der Waals surface area contributed by atoms with Gasteiger partial charge in [-0.05, 0) is 12.1 Å². The Morgan fingerprint density at radius 1 is 0.778 bits per heavy atom. The van der Waals surface area contributed by atoms with E-state index in [1.54, 1.807) is 12.4 Å². The summed E-state index contributed by atoms with van der Waals surface area (Å²) < 4.78 is 0. The summed E-state index contributed by atoms with van der Waals surface area (Å²) >= 11 is 0. The van der Waals surface area contributed by atoms with Crippen LogP contribution in [0.2, 0.25) is 0 Å². The van der Waals surface area contributed by atoms with Crippen molar-refractivity contribution in [2.45, 2.75) is 0 Å². The van der Waals surface area contributed by atoms with Gasteiger partial charge in [0.2, 0.25) is 0 Å². The van der Waals surface area contributed by atoms with E-state index in [4.69, 9.17) is 0 Å². The van der Waals surface area contributed by atoms with Crippen LogP contribution in [0.5, 0.6) is 0 Å². The summed E-state index contributed by atoms with van der Waals surface area (Å²) in [7, 11) is 0. The van der Waals surface area contributed by atoms with Gasteiger partial charge in [-0.3, -0.25) is 4.98 Å². The number of aromatic nitrogens is 1. The van der Waals surface area contributed by atoms with Crippen molar-refractivity contribution in [3.63, 3.8) is 0 Å². The first-order valence-corrected chi connectivity index (χ1v) is 1.85. The van der Waals surface area contributed by atoms with Crippen LogP contribution < -0.4 is 48.0 Å². The Morgan fingerprint density at radius 3 is 1.33 bits per heavy atom. The van der Waals surface area contributed by atoms with Gasteiger partial charge < -0.3 is 48.0 Å². The van der Waals surface area contributed by atoms with E-state index in [0.29, 0.717) is 0 Å². The van der Waals surface area contributed by atoms with Gasteiger partial charge in [0.05, 0.1) is 0 Å².